The van der Waals surface area contributed by atoms with Gasteiger partial charge in [0.2, 0.25) is 0 Å². The van der Waals surface area contributed by atoms with Crippen molar-refractivity contribution in [3.8, 4) is 0 Å². The van der Waals surface area contributed by atoms with E-state index in [0.29, 0.717) is 17.8 Å². The number of nitrogens with one attached hydrogen (secondary N) is 1. The Kier molecular flexibility index (Phi) is 4.15. The van der Waals surface area contributed by atoms with Gasteiger partial charge < -0.3 is 15.2 Å². The highest BCUT2D eigenvalue weighted by Gasteiger charge is 2.26. The SMILES string of the molecule is COC1CCCC1CNc1cccc(C(=O)O)n1. The average Bonchev–Trinajstić information content (AvgIpc) is 2.84. The first-order valence-corrected chi connectivity index (χ1v) is 6.17. The van der Waals surface area contributed by atoms with E-state index in [9.17, 15) is 4.79 Å². The van der Waals surface area contributed by atoms with Gasteiger partial charge >= 0.3 is 5.97 Å². The fraction of sp³-hybridized carbons (Fsp3) is 0.538. The van der Waals surface area contributed by atoms with Crippen molar-refractivity contribution in [1.29, 1.82) is 0 Å². The number of hydrogen-bond acceptors (Lipinski definition) is 4. The van der Waals surface area contributed by atoms with E-state index >= 15 is 0 Å². The Labute approximate surface area is 106 Å². The maximum atomic E-state index is 10.8. The Morgan fingerprint density at radius 1 is 1.56 bits per heavy atom. The Morgan fingerprint density at radius 2 is 2.39 bits per heavy atom. The molecule has 1 saturated carbocycles. The van der Waals surface area contributed by atoms with Crippen molar-refractivity contribution < 1.29 is 14.6 Å². The van der Waals surface area contributed by atoms with Crippen LogP contribution < -0.4 is 5.32 Å². The quantitative estimate of drug-likeness (QED) is 0.836. The number of nitrogens with zero attached hydrogens (tertiary/aromatic N) is 1. The standard InChI is InChI=1S/C13H18N2O3/c1-18-11-6-2-4-9(11)8-14-12-7-3-5-10(15-12)13(16)17/h3,5,7,9,11H,2,4,6,8H2,1H3,(H,14,15)(H,16,17). The summed E-state index contributed by atoms with van der Waals surface area (Å²) >= 11 is 0. The van der Waals surface area contributed by atoms with Crippen LogP contribution in [0.2, 0.25) is 0 Å². The van der Waals surface area contributed by atoms with E-state index in [0.717, 1.165) is 19.4 Å². The molecule has 1 aliphatic carbocycles. The lowest BCUT2D eigenvalue weighted by Gasteiger charge is -2.18. The molecule has 1 aromatic heterocycles. The number of ether oxygens (including phenoxy) is 1. The van der Waals surface area contributed by atoms with Gasteiger partial charge in [-0.1, -0.05) is 12.5 Å². The largest absolute Gasteiger partial charge is 0.477 e. The van der Waals surface area contributed by atoms with Crippen LogP contribution in [0.5, 0.6) is 0 Å². The molecule has 2 atom stereocenters. The molecular weight excluding hydrogens is 232 g/mol. The number of pyridine rings is 1. The van der Waals surface area contributed by atoms with Crippen LogP contribution in [0, 0.1) is 5.92 Å². The topological polar surface area (TPSA) is 71.5 Å². The van der Waals surface area contributed by atoms with Gasteiger partial charge in [0.25, 0.3) is 0 Å². The highest BCUT2D eigenvalue weighted by atomic mass is 16.5. The van der Waals surface area contributed by atoms with Crippen LogP contribution in [0.1, 0.15) is 29.8 Å². The number of carboxylic acids is 1. The maximum absolute atomic E-state index is 10.8. The summed E-state index contributed by atoms with van der Waals surface area (Å²) in [4.78, 5) is 14.8. The summed E-state index contributed by atoms with van der Waals surface area (Å²) in [7, 11) is 1.74. The molecule has 1 fully saturated rings. The zero-order valence-corrected chi connectivity index (χ0v) is 10.4. The number of hydrogen-bond donors (Lipinski definition) is 2. The minimum absolute atomic E-state index is 0.0645. The van der Waals surface area contributed by atoms with Gasteiger partial charge in [-0.15, -0.1) is 0 Å². The molecule has 2 N–H and O–H groups in total. The van der Waals surface area contributed by atoms with E-state index in [-0.39, 0.29) is 5.69 Å². The Bertz CT molecular complexity index is 422. The van der Waals surface area contributed by atoms with Crippen LogP contribution in [0.3, 0.4) is 0 Å². The minimum atomic E-state index is -1.01. The molecule has 98 valence electrons. The lowest BCUT2D eigenvalue weighted by atomic mass is 10.1. The normalized spacial score (nSPS) is 22.9. The lowest BCUT2D eigenvalue weighted by molar-refractivity contribution is 0.0690. The highest BCUT2D eigenvalue weighted by molar-refractivity contribution is 5.85. The van der Waals surface area contributed by atoms with E-state index in [1.165, 1.54) is 12.5 Å². The summed E-state index contributed by atoms with van der Waals surface area (Å²) in [5, 5.41) is 12.1. The predicted octanol–water partition coefficient (Wildman–Crippen LogP) is 2.01. The second-order valence-electron chi connectivity index (χ2n) is 4.56. The Morgan fingerprint density at radius 3 is 3.11 bits per heavy atom. The maximum Gasteiger partial charge on any atom is 0.354 e. The molecule has 2 rings (SSSR count). The molecule has 0 spiro atoms. The second kappa shape index (κ2) is 5.82. The first kappa shape index (κ1) is 12.8. The second-order valence-corrected chi connectivity index (χ2v) is 4.56. The molecule has 0 saturated heterocycles. The molecule has 0 aromatic carbocycles. The summed E-state index contributed by atoms with van der Waals surface area (Å²) in [5.41, 5.74) is 0.0645. The number of carbonyl (C=O) groups is 1. The van der Waals surface area contributed by atoms with Gasteiger partial charge in [0, 0.05) is 19.6 Å². The molecule has 5 heteroatoms. The molecule has 0 bridgehead atoms. The van der Waals surface area contributed by atoms with Crippen LogP contribution >= 0.6 is 0 Å². The monoisotopic (exact) mass is 250 g/mol. The third-order valence-corrected chi connectivity index (χ3v) is 3.41. The number of methoxy groups -OCH3 is 1. The van der Waals surface area contributed by atoms with Crippen molar-refractivity contribution in [2.75, 3.05) is 19.0 Å². The van der Waals surface area contributed by atoms with Gasteiger partial charge in [-0.25, -0.2) is 9.78 Å². The van der Waals surface area contributed by atoms with Crippen LogP contribution in [-0.2, 0) is 4.74 Å². The fourth-order valence-corrected chi connectivity index (χ4v) is 2.43. The molecule has 0 radical (unpaired) electrons. The number of rotatable bonds is 5. The Balaban J connectivity index is 1.93. The summed E-state index contributed by atoms with van der Waals surface area (Å²) in [6.07, 6.45) is 3.74. The molecule has 1 aliphatic rings. The van der Waals surface area contributed by atoms with Gasteiger partial charge in [-0.2, -0.15) is 0 Å². The van der Waals surface area contributed by atoms with Crippen molar-refractivity contribution in [2.24, 2.45) is 5.92 Å². The van der Waals surface area contributed by atoms with Crippen molar-refractivity contribution in [2.45, 2.75) is 25.4 Å². The van der Waals surface area contributed by atoms with Crippen molar-refractivity contribution >= 4 is 11.8 Å². The molecule has 18 heavy (non-hydrogen) atoms. The summed E-state index contributed by atoms with van der Waals surface area (Å²) in [6, 6.07) is 4.96. The van der Waals surface area contributed by atoms with Gasteiger partial charge in [0.05, 0.1) is 6.10 Å². The number of carboxylic acid groups (broad SMARTS) is 1. The molecule has 1 aromatic rings. The highest BCUT2D eigenvalue weighted by Crippen LogP contribution is 2.27. The first-order chi connectivity index (χ1) is 8.70. The van der Waals surface area contributed by atoms with Crippen LogP contribution in [0.4, 0.5) is 5.82 Å². The summed E-state index contributed by atoms with van der Waals surface area (Å²) in [6.45, 7) is 0.772. The van der Waals surface area contributed by atoms with Crippen LogP contribution in [0.25, 0.3) is 0 Å². The van der Waals surface area contributed by atoms with Gasteiger partial charge in [-0.3, -0.25) is 0 Å². The Hall–Kier alpha value is -1.62. The van der Waals surface area contributed by atoms with Crippen molar-refractivity contribution in [1.82, 2.24) is 4.98 Å². The third kappa shape index (κ3) is 2.98. The smallest absolute Gasteiger partial charge is 0.354 e. The van der Waals surface area contributed by atoms with E-state index in [1.54, 1.807) is 19.2 Å². The molecule has 2 unspecified atom stereocenters. The number of anilines is 1. The first-order valence-electron chi connectivity index (χ1n) is 6.17. The van der Waals surface area contributed by atoms with Crippen molar-refractivity contribution in [3.63, 3.8) is 0 Å². The zero-order valence-electron chi connectivity index (χ0n) is 10.4. The van der Waals surface area contributed by atoms with E-state index in [1.807, 2.05) is 0 Å². The van der Waals surface area contributed by atoms with Crippen LogP contribution in [-0.4, -0.2) is 35.8 Å². The van der Waals surface area contributed by atoms with Gasteiger partial charge in [0.1, 0.15) is 5.82 Å². The fourth-order valence-electron chi connectivity index (χ4n) is 2.43. The van der Waals surface area contributed by atoms with E-state index in [2.05, 4.69) is 10.3 Å². The summed E-state index contributed by atoms with van der Waals surface area (Å²) < 4.78 is 5.42. The average molecular weight is 250 g/mol. The summed E-state index contributed by atoms with van der Waals surface area (Å²) in [5.74, 6) is 0.0798. The minimum Gasteiger partial charge on any atom is -0.477 e. The number of aromatic carboxylic acids is 1. The van der Waals surface area contributed by atoms with E-state index < -0.39 is 5.97 Å². The third-order valence-electron chi connectivity index (χ3n) is 3.41. The van der Waals surface area contributed by atoms with Crippen LogP contribution in [0.15, 0.2) is 18.2 Å². The van der Waals surface area contributed by atoms with Gasteiger partial charge in [-0.05, 0) is 25.0 Å². The molecule has 1 heterocycles. The zero-order chi connectivity index (χ0) is 13.0. The predicted molar refractivity (Wildman–Crippen MR) is 67.8 cm³/mol. The molecular formula is C13H18N2O3. The number of aromatic nitrogens is 1. The molecule has 0 aliphatic heterocycles. The van der Waals surface area contributed by atoms with Gasteiger partial charge in [0.15, 0.2) is 5.69 Å². The lowest BCUT2D eigenvalue weighted by Crippen LogP contribution is -2.24. The van der Waals surface area contributed by atoms with Crippen molar-refractivity contribution in [3.05, 3.63) is 23.9 Å². The van der Waals surface area contributed by atoms with E-state index in [4.69, 9.17) is 9.84 Å². The molecule has 0 amide bonds. The molecule has 5 nitrogen and oxygen atoms in total.